The van der Waals surface area contributed by atoms with Crippen LogP contribution in [0.5, 0.6) is 0 Å². The van der Waals surface area contributed by atoms with Crippen LogP contribution in [0.25, 0.3) is 0 Å². The number of nitrogens with zero attached hydrogens (tertiary/aromatic N) is 2. The van der Waals surface area contributed by atoms with E-state index in [1.165, 1.54) is 12.8 Å². The summed E-state index contributed by atoms with van der Waals surface area (Å²) in [7, 11) is 0. The number of rotatable bonds is 5. The van der Waals surface area contributed by atoms with Crippen molar-refractivity contribution < 1.29 is 4.74 Å². The first-order chi connectivity index (χ1) is 8.38. The fourth-order valence-corrected chi connectivity index (χ4v) is 1.87. The van der Waals surface area contributed by atoms with E-state index in [-0.39, 0.29) is 24.0 Å². The lowest BCUT2D eigenvalue weighted by Crippen LogP contribution is -2.40. The second-order valence-electron chi connectivity index (χ2n) is 4.63. The van der Waals surface area contributed by atoms with Crippen molar-refractivity contribution in [2.75, 3.05) is 45.9 Å². The molecule has 2 fully saturated rings. The van der Waals surface area contributed by atoms with E-state index in [4.69, 9.17) is 4.74 Å². The Balaban J connectivity index is 0.00000162. The molecule has 0 spiro atoms. The van der Waals surface area contributed by atoms with Crippen molar-refractivity contribution in [3.63, 3.8) is 0 Å². The van der Waals surface area contributed by atoms with Crippen LogP contribution in [0.3, 0.4) is 0 Å². The summed E-state index contributed by atoms with van der Waals surface area (Å²) in [6.07, 6.45) is 2.57. The molecule has 0 atom stereocenters. The summed E-state index contributed by atoms with van der Waals surface area (Å²) in [5.41, 5.74) is 0. The molecule has 6 heteroatoms. The molecule has 0 unspecified atom stereocenters. The van der Waals surface area contributed by atoms with Crippen LogP contribution in [0.1, 0.15) is 19.8 Å². The van der Waals surface area contributed by atoms with Crippen LogP contribution in [0.15, 0.2) is 4.99 Å². The Morgan fingerprint density at radius 1 is 1.33 bits per heavy atom. The van der Waals surface area contributed by atoms with Gasteiger partial charge < -0.3 is 15.4 Å². The van der Waals surface area contributed by atoms with Gasteiger partial charge >= 0.3 is 0 Å². The Labute approximate surface area is 127 Å². The van der Waals surface area contributed by atoms with Crippen LogP contribution in [-0.4, -0.2) is 62.8 Å². The zero-order valence-corrected chi connectivity index (χ0v) is 13.5. The van der Waals surface area contributed by atoms with Crippen molar-refractivity contribution in [1.29, 1.82) is 0 Å². The summed E-state index contributed by atoms with van der Waals surface area (Å²) in [5, 5.41) is 6.71. The van der Waals surface area contributed by atoms with Crippen molar-refractivity contribution in [2.24, 2.45) is 4.99 Å². The smallest absolute Gasteiger partial charge is 0.191 e. The third-order valence-corrected chi connectivity index (χ3v) is 3.05. The monoisotopic (exact) mass is 368 g/mol. The maximum absolute atomic E-state index is 5.32. The third kappa shape index (κ3) is 6.19. The summed E-state index contributed by atoms with van der Waals surface area (Å²) < 4.78 is 5.32. The molecule has 1 heterocycles. The molecule has 0 bridgehead atoms. The van der Waals surface area contributed by atoms with Crippen LogP contribution in [0, 0.1) is 0 Å². The topological polar surface area (TPSA) is 48.9 Å². The molecule has 18 heavy (non-hydrogen) atoms. The number of hydrogen-bond acceptors (Lipinski definition) is 3. The van der Waals surface area contributed by atoms with Crippen LogP contribution >= 0.6 is 24.0 Å². The predicted molar refractivity (Wildman–Crippen MR) is 84.8 cm³/mol. The quantitative estimate of drug-likeness (QED) is 0.425. The average molecular weight is 368 g/mol. The normalized spacial score (nSPS) is 21.3. The molecular weight excluding hydrogens is 343 g/mol. The van der Waals surface area contributed by atoms with E-state index in [0.717, 1.165) is 51.9 Å². The van der Waals surface area contributed by atoms with Gasteiger partial charge in [0.25, 0.3) is 0 Å². The van der Waals surface area contributed by atoms with Crippen molar-refractivity contribution in [3.8, 4) is 0 Å². The fraction of sp³-hybridized carbons (Fsp3) is 0.917. The maximum Gasteiger partial charge on any atom is 0.191 e. The second-order valence-corrected chi connectivity index (χ2v) is 4.63. The second kappa shape index (κ2) is 8.92. The Bertz CT molecular complexity index is 252. The number of morpholine rings is 1. The maximum atomic E-state index is 5.32. The highest BCUT2D eigenvalue weighted by molar-refractivity contribution is 14.0. The first-order valence-corrected chi connectivity index (χ1v) is 6.73. The molecule has 0 aromatic heterocycles. The molecule has 0 radical (unpaired) electrons. The highest BCUT2D eigenvalue weighted by atomic mass is 127. The van der Waals surface area contributed by atoms with Gasteiger partial charge in [0.1, 0.15) is 0 Å². The van der Waals surface area contributed by atoms with Gasteiger partial charge in [-0.15, -0.1) is 24.0 Å². The summed E-state index contributed by atoms with van der Waals surface area (Å²) in [4.78, 5) is 7.01. The summed E-state index contributed by atoms with van der Waals surface area (Å²) in [6, 6.07) is 0.663. The zero-order valence-electron chi connectivity index (χ0n) is 11.2. The lowest BCUT2D eigenvalue weighted by Gasteiger charge is -2.25. The van der Waals surface area contributed by atoms with Gasteiger partial charge in [0.05, 0.1) is 19.8 Å². The molecular formula is C12H25IN4O. The van der Waals surface area contributed by atoms with E-state index in [0.29, 0.717) is 6.04 Å². The Morgan fingerprint density at radius 3 is 2.67 bits per heavy atom. The van der Waals surface area contributed by atoms with Gasteiger partial charge in [0, 0.05) is 32.2 Å². The number of guanidine groups is 1. The van der Waals surface area contributed by atoms with E-state index in [1.54, 1.807) is 0 Å². The highest BCUT2D eigenvalue weighted by Gasteiger charge is 2.22. The van der Waals surface area contributed by atoms with E-state index >= 15 is 0 Å². The minimum absolute atomic E-state index is 0. The van der Waals surface area contributed by atoms with Crippen LogP contribution in [0.2, 0.25) is 0 Å². The van der Waals surface area contributed by atoms with Gasteiger partial charge in [0.15, 0.2) is 5.96 Å². The highest BCUT2D eigenvalue weighted by Crippen LogP contribution is 2.18. The van der Waals surface area contributed by atoms with E-state index in [9.17, 15) is 0 Å². The zero-order chi connectivity index (χ0) is 11.9. The largest absolute Gasteiger partial charge is 0.379 e. The van der Waals surface area contributed by atoms with Crippen molar-refractivity contribution in [3.05, 3.63) is 0 Å². The van der Waals surface area contributed by atoms with Crippen molar-refractivity contribution >= 4 is 29.9 Å². The summed E-state index contributed by atoms with van der Waals surface area (Å²) >= 11 is 0. The van der Waals surface area contributed by atoms with Gasteiger partial charge in [-0.05, 0) is 19.8 Å². The van der Waals surface area contributed by atoms with E-state index in [1.807, 2.05) is 0 Å². The van der Waals surface area contributed by atoms with Crippen LogP contribution < -0.4 is 10.6 Å². The van der Waals surface area contributed by atoms with E-state index < -0.39 is 0 Å². The average Bonchev–Trinajstić information content (AvgIpc) is 3.15. The SMILES string of the molecule is CCNC(=NCCN1CCOCC1)NC1CC1.I. The molecule has 1 aliphatic carbocycles. The number of nitrogens with one attached hydrogen (secondary N) is 2. The fourth-order valence-electron chi connectivity index (χ4n) is 1.87. The third-order valence-electron chi connectivity index (χ3n) is 3.05. The molecule has 0 amide bonds. The molecule has 5 nitrogen and oxygen atoms in total. The molecule has 2 aliphatic rings. The molecule has 0 aromatic carbocycles. The standard InChI is InChI=1S/C12H24N4O.HI/c1-2-13-12(15-11-3-4-11)14-5-6-16-7-9-17-10-8-16;/h11H,2-10H2,1H3,(H2,13,14,15);1H. The number of ether oxygens (including phenoxy) is 1. The molecule has 1 aliphatic heterocycles. The van der Waals surface area contributed by atoms with Crippen LogP contribution in [0.4, 0.5) is 0 Å². The Hall–Kier alpha value is -0.0800. The van der Waals surface area contributed by atoms with Crippen LogP contribution in [-0.2, 0) is 4.74 Å². The van der Waals surface area contributed by atoms with Gasteiger partial charge in [-0.1, -0.05) is 0 Å². The molecule has 1 saturated heterocycles. The first-order valence-electron chi connectivity index (χ1n) is 6.73. The molecule has 1 saturated carbocycles. The first kappa shape index (κ1) is 16.0. The van der Waals surface area contributed by atoms with Crippen molar-refractivity contribution in [1.82, 2.24) is 15.5 Å². The Morgan fingerprint density at radius 2 is 2.06 bits per heavy atom. The van der Waals surface area contributed by atoms with E-state index in [2.05, 4.69) is 27.4 Å². The molecule has 2 rings (SSSR count). The van der Waals surface area contributed by atoms with Crippen molar-refractivity contribution in [2.45, 2.75) is 25.8 Å². The number of hydrogen-bond donors (Lipinski definition) is 2. The lowest BCUT2D eigenvalue weighted by molar-refractivity contribution is 0.0394. The summed E-state index contributed by atoms with van der Waals surface area (Å²) in [6.45, 7) is 8.74. The molecule has 2 N–H and O–H groups in total. The predicted octanol–water partition coefficient (Wildman–Crippen LogP) is 0.654. The molecule has 106 valence electrons. The van der Waals surface area contributed by atoms with Gasteiger partial charge in [-0.3, -0.25) is 9.89 Å². The summed E-state index contributed by atoms with van der Waals surface area (Å²) in [5.74, 6) is 0.975. The number of halogens is 1. The van der Waals surface area contributed by atoms with Gasteiger partial charge in [0.2, 0.25) is 0 Å². The van der Waals surface area contributed by atoms with Gasteiger partial charge in [-0.2, -0.15) is 0 Å². The minimum atomic E-state index is 0. The Kier molecular flexibility index (Phi) is 7.92. The minimum Gasteiger partial charge on any atom is -0.379 e. The van der Waals surface area contributed by atoms with Gasteiger partial charge in [-0.25, -0.2) is 0 Å². The lowest BCUT2D eigenvalue weighted by atomic mass is 10.4. The number of aliphatic imine (C=N–C) groups is 1. The molecule has 0 aromatic rings.